The minimum atomic E-state index is -1.12. The van der Waals surface area contributed by atoms with E-state index in [9.17, 15) is 47.9 Å². The first kappa shape index (κ1) is 90.7. The number of ether oxygens (including phenoxy) is 4. The number of hydrogen-bond acceptors (Lipinski definition) is 29. The van der Waals surface area contributed by atoms with Gasteiger partial charge in [-0.3, -0.25) is 48.6 Å². The van der Waals surface area contributed by atoms with Crippen LogP contribution in [0.15, 0.2) is 216 Å². The summed E-state index contributed by atoms with van der Waals surface area (Å²) < 4.78 is 37.7. The number of carboxylic acids is 1. The van der Waals surface area contributed by atoms with Crippen molar-refractivity contribution in [3.8, 4) is 45.7 Å². The van der Waals surface area contributed by atoms with Gasteiger partial charge in [0.2, 0.25) is 12.8 Å². The second-order valence-electron chi connectivity index (χ2n) is 31.9. The molecule has 0 atom stereocenters. The molecule has 18 rings (SSSR count). The zero-order valence-corrected chi connectivity index (χ0v) is 72.4. The van der Waals surface area contributed by atoms with E-state index in [1.807, 2.05) is 63.5 Å². The van der Waals surface area contributed by atoms with Gasteiger partial charge in [0.15, 0.2) is 55.3 Å². The quantitative estimate of drug-likeness (QED) is 0.00790. The summed E-state index contributed by atoms with van der Waals surface area (Å²) in [5.41, 5.74) is 37.6. The van der Waals surface area contributed by atoms with Gasteiger partial charge in [0, 0.05) is 69.1 Å². The lowest BCUT2D eigenvalue weighted by atomic mass is 10.0. The van der Waals surface area contributed by atoms with Crippen molar-refractivity contribution < 1.29 is 80.8 Å². The number of nitrogen functional groups attached to an aromatic ring is 4. The molecule has 0 spiro atoms. The molecular formula is C95H91N21O17. The van der Waals surface area contributed by atoms with Crippen LogP contribution in [0.2, 0.25) is 0 Å². The molecule has 6 aromatic heterocycles. The highest BCUT2D eigenvalue weighted by Gasteiger charge is 2.31. The number of aromatic nitrogens is 12. The number of hydrogen-bond donors (Lipinski definition) is 10. The van der Waals surface area contributed by atoms with Crippen LogP contribution < -0.4 is 69.1 Å². The van der Waals surface area contributed by atoms with Crippen LogP contribution in [-0.4, -0.2) is 154 Å². The summed E-state index contributed by atoms with van der Waals surface area (Å²) in [6, 6.07) is 48.1. The molecule has 14 aromatic rings. The average Bonchev–Trinajstić information content (AvgIpc) is 1.65. The minimum Gasteiger partial charge on any atom is -0.484 e. The molecule has 0 saturated heterocycles. The molecule has 133 heavy (non-hydrogen) atoms. The summed E-state index contributed by atoms with van der Waals surface area (Å²) in [7, 11) is 0. The number of rotatable bonds is 33. The van der Waals surface area contributed by atoms with Crippen LogP contribution in [0.25, 0.3) is 22.7 Å². The van der Waals surface area contributed by atoms with Crippen LogP contribution >= 0.6 is 0 Å². The van der Waals surface area contributed by atoms with E-state index in [0.29, 0.717) is 103 Å². The Labute approximate surface area is 758 Å². The number of aliphatic carboxylic acids is 1. The normalized spacial score (nSPS) is 12.9. The van der Waals surface area contributed by atoms with Crippen molar-refractivity contribution >= 4 is 81.8 Å². The maximum atomic E-state index is 13.2. The highest BCUT2D eigenvalue weighted by Crippen LogP contribution is 2.36. The molecule has 4 fully saturated rings. The Morgan fingerprint density at radius 3 is 0.970 bits per heavy atom. The van der Waals surface area contributed by atoms with Crippen LogP contribution in [0, 0.1) is 33.6 Å². The summed E-state index contributed by atoms with van der Waals surface area (Å²) in [5, 5.41) is 49.6. The number of nitrogens with one attached hydrogen (secondary N) is 4. The molecule has 8 aromatic carbocycles. The Kier molecular flexibility index (Phi) is 27.6. The van der Waals surface area contributed by atoms with Crippen molar-refractivity contribution in [2.75, 3.05) is 36.1 Å². The van der Waals surface area contributed by atoms with Crippen molar-refractivity contribution in [2.45, 2.75) is 117 Å². The SMILES string of the molecule is Cc1ccc(C(=O)CC2CC2)cc1-n1ncc(C(=O)c2cccc(OCc3nnco3)c2)c1N.Cc1ccc(C(=O)NC2CC2)cc1-n1ncc(C(=O)c2cccc(OCC(=O)NN)c2)c1N.Cc1ccc(C(=O)NC2CC2)cc1-n1ncc(C(=O)c2cccc(OCC(=O)O)c2)c1N.Cc1ccc(C(=O)NC2CC2)cc1-n1ncc(C(=O)c2cccc(OCc3nnco3)c2)c1N. The Bertz CT molecular complexity index is 6550. The zero-order valence-electron chi connectivity index (χ0n) is 72.4. The first-order valence-corrected chi connectivity index (χ1v) is 42.2. The number of nitrogens with zero attached hydrogens (tertiary/aromatic N) is 12. The van der Waals surface area contributed by atoms with E-state index >= 15 is 0 Å². The van der Waals surface area contributed by atoms with Crippen LogP contribution in [-0.2, 0) is 22.8 Å². The Hall–Kier alpha value is -17.1. The fourth-order valence-corrected chi connectivity index (χ4v) is 13.7. The largest absolute Gasteiger partial charge is 0.484 e. The van der Waals surface area contributed by atoms with E-state index in [-0.39, 0.29) is 141 Å². The van der Waals surface area contributed by atoms with Gasteiger partial charge in [-0.1, -0.05) is 78.9 Å². The standard InChI is InChI=1S/C25H23N5O4.C24H22N6O4.C23H24N6O4.C23H22N4O5/c1-15-5-8-17(22(31)9-16-6-7-16)11-21(15)30-25(26)20(12-28-30)24(32)18-3-2-4-19(10-18)33-13-23-29-27-14-34-23;1-14-5-6-16(24(32)28-17-7-8-17)10-20(14)30-23(25)19(11-27-30)22(31)15-3-2-4-18(9-15)33-12-21-29-26-13-34-21;1-13-5-6-15(23(32)27-16-7-8-16)10-19(13)29-22(24)18(11-26-29)21(31)14-3-2-4-17(9-14)33-12-20(30)28-25;1-13-5-6-15(23(31)26-16-7-8-16)10-19(13)27-22(24)18(11-25-27)21(30)14-3-2-4-17(9-14)32-12-20(28)29/h2-5,8,10-12,14,16H,6-7,9,13,26H2,1H3;2-6,9-11,13,17H,7-8,12,25H2,1H3,(H,28,32);2-6,9-11,16H,7-8,12,24-25H2,1H3,(H,27,32)(H,28,30);2-6,9-11,16H,7-8,12,24H2,1H3,(H,26,31)(H,28,29). The number of nitrogens with two attached hydrogens (primary N) is 5. The molecule has 4 aliphatic carbocycles. The number of amides is 4. The number of ketones is 5. The van der Waals surface area contributed by atoms with Crippen LogP contribution in [0.1, 0.15) is 197 Å². The van der Waals surface area contributed by atoms with Crippen molar-refractivity contribution in [3.63, 3.8) is 0 Å². The molecule has 0 bridgehead atoms. The molecular weight excluding hydrogens is 1710 g/mol. The minimum absolute atomic E-state index is 0.0850. The smallest absolute Gasteiger partial charge is 0.341 e. The zero-order chi connectivity index (χ0) is 93.7. The van der Waals surface area contributed by atoms with E-state index in [2.05, 4.69) is 56.7 Å². The van der Waals surface area contributed by atoms with E-state index in [4.69, 9.17) is 61.7 Å². The molecule has 4 saturated carbocycles. The van der Waals surface area contributed by atoms with Crippen molar-refractivity contribution in [1.29, 1.82) is 0 Å². The van der Waals surface area contributed by atoms with Crippen LogP contribution in [0.5, 0.6) is 23.0 Å². The number of carbonyl (C=O) groups excluding carboxylic acids is 9. The maximum absolute atomic E-state index is 13.2. The van der Waals surface area contributed by atoms with Crippen molar-refractivity contribution in [2.24, 2.45) is 11.8 Å². The summed E-state index contributed by atoms with van der Waals surface area (Å²) >= 11 is 0. The summed E-state index contributed by atoms with van der Waals surface area (Å²) in [5.74, 6) is 5.15. The number of Topliss-reactive ketones (excluding diaryl/α,β-unsaturated/α-hetero) is 1. The first-order valence-electron chi connectivity index (χ1n) is 42.2. The Morgan fingerprint density at radius 2 is 0.684 bits per heavy atom. The van der Waals surface area contributed by atoms with E-state index in [1.54, 1.807) is 127 Å². The Balaban J connectivity index is 0.000000135. The first-order chi connectivity index (χ1) is 64.2. The average molecular weight is 1800 g/mol. The lowest BCUT2D eigenvalue weighted by Gasteiger charge is -2.11. The van der Waals surface area contributed by atoms with Crippen molar-refractivity contribution in [3.05, 3.63) is 308 Å². The van der Waals surface area contributed by atoms with Gasteiger partial charge in [-0.15, -0.1) is 20.4 Å². The predicted molar refractivity (Wildman–Crippen MR) is 482 cm³/mol. The monoisotopic (exact) mass is 1800 g/mol. The number of anilines is 4. The fourth-order valence-electron chi connectivity index (χ4n) is 13.7. The molecule has 4 aliphatic rings. The van der Waals surface area contributed by atoms with E-state index in [1.165, 1.54) is 68.4 Å². The molecule has 38 nitrogen and oxygen atoms in total. The summed E-state index contributed by atoms with van der Waals surface area (Å²) in [6.45, 7) is 6.93. The summed E-state index contributed by atoms with van der Waals surface area (Å²) in [4.78, 5) is 124. The second-order valence-corrected chi connectivity index (χ2v) is 31.9. The third kappa shape index (κ3) is 22.6. The van der Waals surface area contributed by atoms with Gasteiger partial charge in [-0.2, -0.15) is 20.4 Å². The Morgan fingerprint density at radius 1 is 0.383 bits per heavy atom. The van der Waals surface area contributed by atoms with Gasteiger partial charge >= 0.3 is 5.97 Å². The van der Waals surface area contributed by atoms with Crippen LogP contribution in [0.3, 0.4) is 0 Å². The van der Waals surface area contributed by atoms with Gasteiger partial charge in [-0.25, -0.2) is 29.4 Å². The third-order valence-electron chi connectivity index (χ3n) is 21.8. The number of aryl methyl sites for hydroxylation is 4. The highest BCUT2D eigenvalue weighted by molar-refractivity contribution is 6.14. The molecule has 15 N–H and O–H groups in total. The van der Waals surface area contributed by atoms with E-state index < -0.39 is 18.5 Å². The van der Waals surface area contributed by atoms with Gasteiger partial charge in [0.1, 0.15) is 46.3 Å². The molecule has 0 unspecified atom stereocenters. The van der Waals surface area contributed by atoms with Gasteiger partial charge < -0.3 is 71.8 Å². The van der Waals surface area contributed by atoms with Crippen LogP contribution in [0.4, 0.5) is 23.3 Å². The molecule has 0 radical (unpaired) electrons. The van der Waals surface area contributed by atoms with Gasteiger partial charge in [0.05, 0.1) is 69.8 Å². The highest BCUT2D eigenvalue weighted by atomic mass is 16.5. The maximum Gasteiger partial charge on any atom is 0.341 e. The third-order valence-corrected chi connectivity index (χ3v) is 21.8. The molecule has 678 valence electrons. The molecule has 38 heteroatoms. The number of benzene rings is 8. The second kappa shape index (κ2) is 40.5. The molecule has 6 heterocycles. The summed E-state index contributed by atoms with van der Waals surface area (Å²) in [6.07, 6.45) is 16.9. The number of carboxylic acid groups (broad SMARTS) is 1. The number of carbonyl (C=O) groups is 10. The van der Waals surface area contributed by atoms with Gasteiger partial charge in [-0.05, 0) is 198 Å². The lowest BCUT2D eigenvalue weighted by molar-refractivity contribution is -0.139. The molecule has 4 amide bonds. The van der Waals surface area contributed by atoms with Crippen molar-refractivity contribution in [1.82, 2.24) is 80.9 Å². The predicted octanol–water partition coefficient (Wildman–Crippen LogP) is 10.4. The topological polar surface area (TPSA) is 555 Å². The van der Waals surface area contributed by atoms with Gasteiger partial charge in [0.25, 0.3) is 35.4 Å². The fraction of sp³-hybridized carbons (Fsp3) is 0.221. The lowest BCUT2D eigenvalue weighted by Crippen LogP contribution is -2.34. The van der Waals surface area contributed by atoms with E-state index in [0.717, 1.165) is 73.6 Å². The number of hydrazine groups is 1. The molecule has 0 aliphatic heterocycles.